The van der Waals surface area contributed by atoms with E-state index in [1.807, 2.05) is 0 Å². The molecule has 0 amide bonds. The van der Waals surface area contributed by atoms with Crippen LogP contribution < -0.4 is 16.8 Å². The largest absolute Gasteiger partial charge is 0.370 e. The van der Waals surface area contributed by atoms with Gasteiger partial charge in [0.15, 0.2) is 11.9 Å². The summed E-state index contributed by atoms with van der Waals surface area (Å²) in [5.74, 6) is 1.32. The van der Waals surface area contributed by atoms with Crippen LogP contribution in [-0.4, -0.2) is 48.5 Å². The molecule has 0 aromatic heterocycles. The average molecular weight is 280 g/mol. The standard InChI is InChI=1S/C14H28N6/c1-2-3-6-12-10-20(14(16)19-12)8-5-4-7-11-9-17-13(15)18-11/h11-12H,2-10H2,1H3,(H2,16,19)(H3,15,17,18)/t11-,12-/m0/s1. The summed E-state index contributed by atoms with van der Waals surface area (Å²) in [6, 6.07) is 0.844. The van der Waals surface area contributed by atoms with Crippen molar-refractivity contribution in [2.45, 2.75) is 57.5 Å². The van der Waals surface area contributed by atoms with Gasteiger partial charge in [0, 0.05) is 19.1 Å². The summed E-state index contributed by atoms with van der Waals surface area (Å²) in [5, 5.41) is 3.19. The summed E-state index contributed by atoms with van der Waals surface area (Å²) in [6.45, 7) is 5.05. The first-order valence-electron chi connectivity index (χ1n) is 7.83. The number of unbranched alkanes of at least 4 members (excludes halogenated alkanes) is 2. The fourth-order valence-corrected chi connectivity index (χ4v) is 2.82. The van der Waals surface area contributed by atoms with Crippen molar-refractivity contribution in [3.05, 3.63) is 0 Å². The molecular weight excluding hydrogens is 252 g/mol. The molecule has 2 rings (SSSR count). The highest BCUT2D eigenvalue weighted by Gasteiger charge is 2.22. The van der Waals surface area contributed by atoms with E-state index in [2.05, 4.69) is 27.1 Å². The summed E-state index contributed by atoms with van der Waals surface area (Å²) in [5.41, 5.74) is 11.6. The maximum atomic E-state index is 5.99. The van der Waals surface area contributed by atoms with E-state index in [9.17, 15) is 0 Å². The van der Waals surface area contributed by atoms with Gasteiger partial charge in [-0.3, -0.25) is 4.99 Å². The first kappa shape index (κ1) is 14.9. The SMILES string of the molecule is CCCC[C@H]1CN(CCCC[C@H]2CN=C(N)N2)C(N)=N1. The highest BCUT2D eigenvalue weighted by atomic mass is 15.3. The van der Waals surface area contributed by atoms with Crippen molar-refractivity contribution in [3.63, 3.8) is 0 Å². The van der Waals surface area contributed by atoms with E-state index in [0.717, 1.165) is 44.9 Å². The molecule has 0 unspecified atom stereocenters. The van der Waals surface area contributed by atoms with Crippen LogP contribution in [0.4, 0.5) is 0 Å². The van der Waals surface area contributed by atoms with Crippen molar-refractivity contribution in [1.29, 1.82) is 0 Å². The molecular formula is C14H28N6. The zero-order valence-electron chi connectivity index (χ0n) is 12.5. The van der Waals surface area contributed by atoms with Gasteiger partial charge in [-0.05, 0) is 25.7 Å². The van der Waals surface area contributed by atoms with E-state index in [-0.39, 0.29) is 0 Å². The smallest absolute Gasteiger partial charge is 0.191 e. The Morgan fingerprint density at radius 3 is 2.80 bits per heavy atom. The molecule has 0 fully saturated rings. The molecule has 2 atom stereocenters. The first-order valence-corrected chi connectivity index (χ1v) is 7.83. The van der Waals surface area contributed by atoms with Crippen molar-refractivity contribution in [2.75, 3.05) is 19.6 Å². The number of hydrogen-bond acceptors (Lipinski definition) is 6. The topological polar surface area (TPSA) is 92.0 Å². The normalized spacial score (nSPS) is 25.6. The Bertz CT molecular complexity index is 365. The average Bonchev–Trinajstić information content (AvgIpc) is 2.99. The Balaban J connectivity index is 1.57. The number of hydrogen-bond donors (Lipinski definition) is 3. The molecule has 2 aliphatic rings. The number of nitrogens with zero attached hydrogens (tertiary/aromatic N) is 3. The van der Waals surface area contributed by atoms with Crippen LogP contribution in [0.1, 0.15) is 45.4 Å². The Morgan fingerprint density at radius 1 is 1.25 bits per heavy atom. The van der Waals surface area contributed by atoms with Gasteiger partial charge in [0.05, 0.1) is 12.6 Å². The lowest BCUT2D eigenvalue weighted by Crippen LogP contribution is -2.36. The summed E-state index contributed by atoms with van der Waals surface area (Å²) in [7, 11) is 0. The molecule has 6 heteroatoms. The van der Waals surface area contributed by atoms with Crippen LogP contribution in [0.25, 0.3) is 0 Å². The summed E-state index contributed by atoms with van der Waals surface area (Å²) in [4.78, 5) is 10.9. The van der Waals surface area contributed by atoms with Gasteiger partial charge >= 0.3 is 0 Å². The molecule has 2 heterocycles. The molecule has 0 saturated carbocycles. The fourth-order valence-electron chi connectivity index (χ4n) is 2.82. The maximum Gasteiger partial charge on any atom is 0.191 e. The number of rotatable bonds is 8. The van der Waals surface area contributed by atoms with Crippen molar-refractivity contribution in [2.24, 2.45) is 21.5 Å². The van der Waals surface area contributed by atoms with Gasteiger partial charge in [0.2, 0.25) is 0 Å². The molecule has 0 spiro atoms. The van der Waals surface area contributed by atoms with E-state index >= 15 is 0 Å². The second-order valence-corrected chi connectivity index (χ2v) is 5.79. The van der Waals surface area contributed by atoms with Gasteiger partial charge in [-0.25, -0.2) is 4.99 Å². The van der Waals surface area contributed by atoms with Crippen LogP contribution in [0, 0.1) is 0 Å². The fraction of sp³-hybridized carbons (Fsp3) is 0.857. The Labute approximate surface area is 121 Å². The summed E-state index contributed by atoms with van der Waals surface area (Å²) >= 11 is 0. The molecule has 0 radical (unpaired) electrons. The molecule has 0 aromatic carbocycles. The molecule has 0 aromatic rings. The quantitative estimate of drug-likeness (QED) is 0.569. The molecule has 6 nitrogen and oxygen atoms in total. The van der Waals surface area contributed by atoms with Crippen LogP contribution in [-0.2, 0) is 0 Å². The summed E-state index contributed by atoms with van der Waals surface area (Å²) in [6.07, 6.45) is 7.07. The van der Waals surface area contributed by atoms with E-state index in [0.29, 0.717) is 18.0 Å². The third-order valence-corrected chi connectivity index (χ3v) is 4.03. The lowest BCUT2D eigenvalue weighted by molar-refractivity contribution is 0.389. The first-order chi connectivity index (χ1) is 9.69. The number of aliphatic imine (C=N–C) groups is 2. The highest BCUT2D eigenvalue weighted by molar-refractivity contribution is 5.80. The van der Waals surface area contributed by atoms with Crippen molar-refractivity contribution >= 4 is 11.9 Å². The van der Waals surface area contributed by atoms with Crippen LogP contribution in [0.2, 0.25) is 0 Å². The van der Waals surface area contributed by atoms with E-state index in [1.54, 1.807) is 0 Å². The predicted molar refractivity (Wildman–Crippen MR) is 83.8 cm³/mol. The third kappa shape index (κ3) is 4.28. The van der Waals surface area contributed by atoms with Crippen LogP contribution in [0.5, 0.6) is 0 Å². The van der Waals surface area contributed by atoms with Crippen molar-refractivity contribution in [3.8, 4) is 0 Å². The molecule has 0 aliphatic carbocycles. The van der Waals surface area contributed by atoms with Crippen LogP contribution in [0.15, 0.2) is 9.98 Å². The second kappa shape index (κ2) is 7.36. The molecule has 0 bridgehead atoms. The highest BCUT2D eigenvalue weighted by Crippen LogP contribution is 2.14. The third-order valence-electron chi connectivity index (χ3n) is 4.03. The van der Waals surface area contributed by atoms with Gasteiger partial charge in [0.1, 0.15) is 0 Å². The molecule has 2 aliphatic heterocycles. The Kier molecular flexibility index (Phi) is 5.49. The van der Waals surface area contributed by atoms with Crippen LogP contribution in [0.3, 0.4) is 0 Å². The zero-order chi connectivity index (χ0) is 14.4. The van der Waals surface area contributed by atoms with Crippen molar-refractivity contribution < 1.29 is 0 Å². The monoisotopic (exact) mass is 280 g/mol. The number of guanidine groups is 2. The molecule has 0 saturated heterocycles. The second-order valence-electron chi connectivity index (χ2n) is 5.79. The van der Waals surface area contributed by atoms with Gasteiger partial charge in [-0.2, -0.15) is 0 Å². The summed E-state index contributed by atoms with van der Waals surface area (Å²) < 4.78 is 0. The lowest BCUT2D eigenvalue weighted by Gasteiger charge is -2.19. The molecule has 114 valence electrons. The van der Waals surface area contributed by atoms with E-state index in [4.69, 9.17) is 11.5 Å². The minimum absolute atomic E-state index is 0.416. The Hall–Kier alpha value is -1.46. The van der Waals surface area contributed by atoms with E-state index in [1.165, 1.54) is 19.3 Å². The lowest BCUT2D eigenvalue weighted by atomic mass is 10.1. The van der Waals surface area contributed by atoms with Gasteiger partial charge in [-0.15, -0.1) is 0 Å². The van der Waals surface area contributed by atoms with Crippen molar-refractivity contribution in [1.82, 2.24) is 10.2 Å². The number of nitrogens with one attached hydrogen (secondary N) is 1. The van der Waals surface area contributed by atoms with Gasteiger partial charge in [-0.1, -0.05) is 19.8 Å². The number of nitrogens with two attached hydrogens (primary N) is 2. The minimum Gasteiger partial charge on any atom is -0.370 e. The predicted octanol–water partition coefficient (Wildman–Crippen LogP) is 0.632. The molecule has 20 heavy (non-hydrogen) atoms. The van der Waals surface area contributed by atoms with Crippen LogP contribution >= 0.6 is 0 Å². The maximum absolute atomic E-state index is 5.99. The molecule has 5 N–H and O–H groups in total. The Morgan fingerprint density at radius 2 is 2.10 bits per heavy atom. The van der Waals surface area contributed by atoms with Gasteiger partial charge in [0.25, 0.3) is 0 Å². The van der Waals surface area contributed by atoms with Gasteiger partial charge < -0.3 is 21.7 Å². The minimum atomic E-state index is 0.416. The zero-order valence-corrected chi connectivity index (χ0v) is 12.5. The van der Waals surface area contributed by atoms with E-state index < -0.39 is 0 Å².